The first kappa shape index (κ1) is 58.4. The van der Waals surface area contributed by atoms with Crippen molar-refractivity contribution in [2.75, 3.05) is 6.54 Å². The molecule has 0 rings (SSSR count). The predicted octanol–water partition coefficient (Wildman–Crippen LogP) is 11.8. The Balaban J connectivity index is -0.000000213. The van der Waals surface area contributed by atoms with Crippen LogP contribution in [-0.2, 0) is 36.1 Å². The molecule has 8 nitrogen and oxygen atoms in total. The summed E-state index contributed by atoms with van der Waals surface area (Å²) in [6.07, 6.45) is 34.5. The van der Waals surface area contributed by atoms with Crippen LogP contribution in [0.1, 0.15) is 221 Å². The number of hydrogen-bond acceptors (Lipinski definition) is 5. The van der Waals surface area contributed by atoms with Gasteiger partial charge in [-0.25, -0.2) is 0 Å². The fourth-order valence-corrected chi connectivity index (χ4v) is 5.19. The van der Waals surface area contributed by atoms with E-state index in [-0.39, 0.29) is 34.4 Å². The van der Waals surface area contributed by atoms with E-state index in [0.717, 1.165) is 37.5 Å². The molecule has 0 saturated heterocycles. The summed E-state index contributed by atoms with van der Waals surface area (Å²) in [7, 11) is 0. The number of unbranched alkanes of at least 4 members (excludes halogenated alkanes) is 22. The van der Waals surface area contributed by atoms with Crippen molar-refractivity contribution < 1.29 is 56.5 Å². The molecule has 0 saturated carbocycles. The third-order valence-corrected chi connectivity index (χ3v) is 8.02. The topological polar surface area (TPSA) is 158 Å². The van der Waals surface area contributed by atoms with Crippen LogP contribution in [0.5, 0.6) is 0 Å². The van der Waals surface area contributed by atoms with Gasteiger partial charge < -0.3 is 26.2 Å². The van der Waals surface area contributed by atoms with Gasteiger partial charge in [0.25, 0.3) is 0 Å². The zero-order valence-corrected chi connectivity index (χ0v) is 35.4. The third-order valence-electron chi connectivity index (χ3n) is 8.02. The van der Waals surface area contributed by atoms with Gasteiger partial charge in [-0.15, -0.1) is 0 Å². The van der Waals surface area contributed by atoms with Gasteiger partial charge in [0.05, 0.1) is 6.54 Å². The van der Waals surface area contributed by atoms with Crippen molar-refractivity contribution in [2.45, 2.75) is 227 Å². The van der Waals surface area contributed by atoms with Gasteiger partial charge in [-0.2, -0.15) is 0 Å². The van der Waals surface area contributed by atoms with Crippen LogP contribution in [0.3, 0.4) is 0 Å². The monoisotopic (exact) mass is 752 g/mol. The van der Waals surface area contributed by atoms with E-state index < -0.39 is 17.9 Å². The number of aliphatic hydroxyl groups excluding tert-OH is 1. The molecule has 0 amide bonds. The minimum Gasteiger partial charge on any atom is -0.481 e. The maximum absolute atomic E-state index is 10.3. The van der Waals surface area contributed by atoms with Crippen LogP contribution in [0.4, 0.5) is 0 Å². The van der Waals surface area contributed by atoms with Crippen LogP contribution in [0.2, 0.25) is 0 Å². The molecule has 50 heavy (non-hydrogen) atoms. The summed E-state index contributed by atoms with van der Waals surface area (Å²) in [5.74, 6) is -0.544. The average Bonchev–Trinajstić information content (AvgIpc) is 3.01. The number of carboxylic acids is 3. The Bertz CT molecular complexity index is 627. The van der Waals surface area contributed by atoms with Crippen molar-refractivity contribution in [3.05, 3.63) is 0 Å². The van der Waals surface area contributed by atoms with Gasteiger partial charge in [0.1, 0.15) is 0 Å². The van der Waals surface area contributed by atoms with Crippen molar-refractivity contribution in [3.8, 4) is 0 Å². The molecule has 0 bridgehead atoms. The summed E-state index contributed by atoms with van der Waals surface area (Å²) < 4.78 is 0. The van der Waals surface area contributed by atoms with Crippen molar-refractivity contribution in [1.29, 1.82) is 0 Å². The molecular weight excluding hydrogens is 666 g/mol. The number of carboxylic acid groups (broad SMARTS) is 3. The first-order valence-electron chi connectivity index (χ1n) is 20.3. The minimum atomic E-state index is -0.968. The second-order valence-corrected chi connectivity index (χ2v) is 14.8. The van der Waals surface area contributed by atoms with Gasteiger partial charge in [-0.05, 0) is 38.5 Å². The van der Waals surface area contributed by atoms with Gasteiger partial charge in [0.2, 0.25) is 0 Å². The molecule has 0 aliphatic carbocycles. The molecule has 0 aromatic rings. The summed E-state index contributed by atoms with van der Waals surface area (Å²) in [5, 5.41) is 32.7. The van der Waals surface area contributed by atoms with Crippen LogP contribution in [0.25, 0.3) is 0 Å². The van der Waals surface area contributed by atoms with E-state index in [2.05, 4.69) is 33.4 Å². The fourth-order valence-electron chi connectivity index (χ4n) is 5.19. The number of aliphatic hydroxyl groups is 1. The minimum absolute atomic E-state index is 0. The van der Waals surface area contributed by atoms with Crippen molar-refractivity contribution in [1.82, 2.24) is 0 Å². The zero-order valence-electron chi connectivity index (χ0n) is 33.8. The van der Waals surface area contributed by atoms with E-state index in [0.29, 0.717) is 12.8 Å². The van der Waals surface area contributed by atoms with Crippen LogP contribution in [-0.4, -0.2) is 51.0 Å². The predicted molar refractivity (Wildman–Crippen MR) is 208 cm³/mol. The van der Waals surface area contributed by atoms with Crippen LogP contribution in [0.15, 0.2) is 0 Å². The normalized spacial score (nSPS) is 10.4. The Morgan fingerprint density at radius 2 is 0.560 bits per heavy atom. The van der Waals surface area contributed by atoms with E-state index in [4.69, 9.17) is 20.4 Å². The molecule has 0 unspecified atom stereocenters. The standard InChI is InChI=1S/2C18H36O2.C3H8O.C2H5NO2.Ti/c2*1-17(2)15-13-11-9-7-5-3-4-6-8-10-12-14-16-18(19)20;1-3(2)4;3-1-2(4)5;/h2*17H,3-16H2,1-2H3,(H,19,20);3-4H,1-2H3;1,3H2,(H,4,5);. The smallest absolute Gasteiger partial charge is 0.317 e. The Morgan fingerprint density at radius 3 is 0.700 bits per heavy atom. The third kappa shape index (κ3) is 81.2. The Kier molecular flexibility index (Phi) is 58.5. The Morgan fingerprint density at radius 1 is 0.400 bits per heavy atom. The number of aliphatic carboxylic acids is 3. The van der Waals surface area contributed by atoms with E-state index in [1.165, 1.54) is 141 Å². The maximum atomic E-state index is 10.3. The summed E-state index contributed by atoms with van der Waals surface area (Å²) >= 11 is 0. The van der Waals surface area contributed by atoms with Crippen LogP contribution < -0.4 is 5.73 Å². The van der Waals surface area contributed by atoms with E-state index in [1.54, 1.807) is 13.8 Å². The molecule has 0 heterocycles. The van der Waals surface area contributed by atoms with Gasteiger partial charge in [0, 0.05) is 40.7 Å². The SMILES string of the molecule is CC(C)CCCCCCCCCCCCCCC(=O)O.CC(C)CCCCCCCCCCCCCCC(=O)O.CC(C)O.NCC(=O)O.[Ti]. The van der Waals surface area contributed by atoms with Gasteiger partial charge in [-0.1, -0.05) is 182 Å². The van der Waals surface area contributed by atoms with Crippen LogP contribution in [0, 0.1) is 11.8 Å². The summed E-state index contributed by atoms with van der Waals surface area (Å²) in [4.78, 5) is 29.9. The fraction of sp³-hybridized carbons (Fsp3) is 0.927. The number of rotatable bonds is 31. The van der Waals surface area contributed by atoms with Crippen molar-refractivity contribution in [3.63, 3.8) is 0 Å². The molecular formula is C41H85NO7Ti. The van der Waals surface area contributed by atoms with Crippen molar-refractivity contribution in [2.24, 2.45) is 17.6 Å². The van der Waals surface area contributed by atoms with Crippen molar-refractivity contribution >= 4 is 17.9 Å². The zero-order chi connectivity index (χ0) is 38.0. The molecule has 0 spiro atoms. The second kappa shape index (κ2) is 50.2. The molecule has 0 aromatic carbocycles. The first-order chi connectivity index (χ1) is 23.3. The molecule has 0 radical (unpaired) electrons. The van der Waals surface area contributed by atoms with Crippen LogP contribution >= 0.6 is 0 Å². The first-order valence-corrected chi connectivity index (χ1v) is 20.3. The molecule has 0 aliphatic rings. The quantitative estimate of drug-likeness (QED) is 0.0346. The van der Waals surface area contributed by atoms with Gasteiger partial charge in [0.15, 0.2) is 0 Å². The van der Waals surface area contributed by atoms with E-state index in [9.17, 15) is 14.4 Å². The summed E-state index contributed by atoms with van der Waals surface area (Å²) in [6.45, 7) is 12.4. The molecule has 6 N–H and O–H groups in total. The molecule has 0 aromatic heterocycles. The molecule has 0 fully saturated rings. The van der Waals surface area contributed by atoms with E-state index in [1.807, 2.05) is 0 Å². The van der Waals surface area contributed by atoms with E-state index >= 15 is 0 Å². The second-order valence-electron chi connectivity index (χ2n) is 14.8. The van der Waals surface area contributed by atoms with Gasteiger partial charge >= 0.3 is 17.9 Å². The maximum Gasteiger partial charge on any atom is 0.317 e. The summed E-state index contributed by atoms with van der Waals surface area (Å²) in [5.41, 5.74) is 4.57. The average molecular weight is 752 g/mol. The Hall–Kier alpha value is -0.956. The molecule has 0 atom stereocenters. The molecule has 0 aliphatic heterocycles. The largest absolute Gasteiger partial charge is 0.481 e. The summed E-state index contributed by atoms with van der Waals surface area (Å²) in [6, 6.07) is 0. The number of hydrogen-bond donors (Lipinski definition) is 5. The number of nitrogens with two attached hydrogens (primary N) is 1. The Labute approximate surface area is 324 Å². The molecule has 300 valence electrons. The van der Waals surface area contributed by atoms with Gasteiger partial charge in [-0.3, -0.25) is 14.4 Å². The molecule has 9 heteroatoms. The number of carbonyl (C=O) groups is 3.